The number of likely N-dealkylation sites (tertiary alicyclic amines) is 1. The van der Waals surface area contributed by atoms with E-state index in [9.17, 15) is 14.3 Å². The zero-order valence-electron chi connectivity index (χ0n) is 14.4. The smallest absolute Gasteiger partial charge is 0.323 e. The number of aromatic nitrogens is 1. The van der Waals surface area contributed by atoms with E-state index in [1.165, 1.54) is 12.3 Å². The normalized spacial score (nSPS) is 14.8. The van der Waals surface area contributed by atoms with Gasteiger partial charge >= 0.3 is 6.03 Å². The van der Waals surface area contributed by atoms with Gasteiger partial charge in [-0.3, -0.25) is 5.32 Å². The molecule has 1 saturated heterocycles. The molecule has 138 valence electrons. The molecule has 26 heavy (non-hydrogen) atoms. The van der Waals surface area contributed by atoms with Crippen LogP contribution < -0.4 is 15.4 Å². The molecule has 1 aliphatic rings. The van der Waals surface area contributed by atoms with Crippen molar-refractivity contribution >= 4 is 17.5 Å². The molecule has 0 atom stereocenters. The summed E-state index contributed by atoms with van der Waals surface area (Å²) in [6.45, 7) is 1.00. The van der Waals surface area contributed by atoms with Crippen molar-refractivity contribution in [2.24, 2.45) is 0 Å². The first-order valence-corrected chi connectivity index (χ1v) is 8.40. The van der Waals surface area contributed by atoms with Gasteiger partial charge < -0.3 is 20.1 Å². The second-order valence-electron chi connectivity index (χ2n) is 6.02. The zero-order chi connectivity index (χ0) is 18.5. The Morgan fingerprint density at radius 2 is 2.00 bits per heavy atom. The molecule has 8 heteroatoms. The number of hydrogen-bond acceptors (Lipinski definition) is 5. The van der Waals surface area contributed by atoms with E-state index < -0.39 is 5.82 Å². The molecule has 2 heterocycles. The molecule has 3 rings (SSSR count). The summed E-state index contributed by atoms with van der Waals surface area (Å²) in [7, 11) is 1.64. The van der Waals surface area contributed by atoms with Gasteiger partial charge in [0.2, 0.25) is 0 Å². The van der Waals surface area contributed by atoms with Crippen LogP contribution in [0.3, 0.4) is 0 Å². The minimum absolute atomic E-state index is 0.272. The molecule has 1 aromatic heterocycles. The van der Waals surface area contributed by atoms with Gasteiger partial charge in [0.15, 0.2) is 0 Å². The number of halogens is 1. The fraction of sp³-hybridized carbons (Fsp3) is 0.333. The summed E-state index contributed by atoms with van der Waals surface area (Å²) in [6, 6.07) is 7.43. The number of rotatable bonds is 4. The largest absolute Gasteiger partial charge is 0.457 e. The number of pyridine rings is 1. The van der Waals surface area contributed by atoms with Crippen molar-refractivity contribution < 1.29 is 19.0 Å². The Labute approximate surface area is 150 Å². The molecule has 1 aromatic carbocycles. The third-order valence-electron chi connectivity index (χ3n) is 4.16. The molecule has 0 saturated carbocycles. The van der Waals surface area contributed by atoms with Crippen molar-refractivity contribution in [2.75, 3.05) is 30.8 Å². The van der Waals surface area contributed by atoms with Crippen LogP contribution in [0.1, 0.15) is 12.8 Å². The molecule has 0 aliphatic carbocycles. The van der Waals surface area contributed by atoms with Crippen molar-refractivity contribution in [3.05, 3.63) is 42.3 Å². The molecule has 1 fully saturated rings. The summed E-state index contributed by atoms with van der Waals surface area (Å²) < 4.78 is 19.4. The Bertz CT molecular complexity index is 779. The lowest BCUT2D eigenvalue weighted by atomic mass is 10.1. The predicted molar refractivity (Wildman–Crippen MR) is 96.1 cm³/mol. The van der Waals surface area contributed by atoms with Crippen LogP contribution in [0.2, 0.25) is 0 Å². The monoisotopic (exact) mass is 360 g/mol. The van der Waals surface area contributed by atoms with Crippen LogP contribution >= 0.6 is 0 Å². The van der Waals surface area contributed by atoms with E-state index in [2.05, 4.69) is 15.6 Å². The molecule has 2 amide bonds. The maximum absolute atomic E-state index is 13.8. The van der Waals surface area contributed by atoms with Gasteiger partial charge in [-0.05, 0) is 31.0 Å². The van der Waals surface area contributed by atoms with Crippen LogP contribution in [0.25, 0.3) is 0 Å². The number of aliphatic hydroxyl groups excluding tert-OH is 1. The zero-order valence-corrected chi connectivity index (χ0v) is 14.4. The maximum atomic E-state index is 13.8. The van der Waals surface area contributed by atoms with Crippen LogP contribution in [0.15, 0.2) is 36.5 Å². The van der Waals surface area contributed by atoms with Gasteiger partial charge in [0, 0.05) is 38.5 Å². The topological polar surface area (TPSA) is 86.7 Å². The highest BCUT2D eigenvalue weighted by Gasteiger charge is 2.21. The molecule has 7 nitrogen and oxygen atoms in total. The summed E-state index contributed by atoms with van der Waals surface area (Å²) in [5, 5.41) is 15.0. The average Bonchev–Trinajstić information content (AvgIpc) is 2.63. The van der Waals surface area contributed by atoms with Gasteiger partial charge in [0.05, 0.1) is 11.8 Å². The quantitative estimate of drug-likeness (QED) is 0.780. The number of anilines is 2. The Morgan fingerprint density at radius 1 is 1.27 bits per heavy atom. The summed E-state index contributed by atoms with van der Waals surface area (Å²) in [5.74, 6) is 0.696. The average molecular weight is 360 g/mol. The van der Waals surface area contributed by atoms with Crippen LogP contribution in [-0.2, 0) is 0 Å². The Hall–Kier alpha value is -2.87. The summed E-state index contributed by atoms with van der Waals surface area (Å²) in [5.41, 5.74) is 0.381. The molecule has 2 aromatic rings. The van der Waals surface area contributed by atoms with Gasteiger partial charge in [-0.15, -0.1) is 0 Å². The first kappa shape index (κ1) is 17.9. The van der Waals surface area contributed by atoms with Gasteiger partial charge in [-0.1, -0.05) is 0 Å². The number of nitrogens with one attached hydrogen (secondary N) is 2. The van der Waals surface area contributed by atoms with Crippen LogP contribution in [0, 0.1) is 5.82 Å². The molecule has 0 spiro atoms. The third-order valence-corrected chi connectivity index (χ3v) is 4.16. The van der Waals surface area contributed by atoms with E-state index >= 15 is 0 Å². The van der Waals surface area contributed by atoms with E-state index in [1.54, 1.807) is 36.2 Å². The Kier molecular flexibility index (Phi) is 5.52. The molecule has 0 bridgehead atoms. The number of urea groups is 1. The van der Waals surface area contributed by atoms with E-state index in [0.717, 1.165) is 0 Å². The SMILES string of the molecule is CNc1ccc(Oc2ccnc(NC(=O)N3CCC(O)CC3)c2)cc1F. The van der Waals surface area contributed by atoms with Crippen molar-refractivity contribution in [3.8, 4) is 11.5 Å². The number of hydrogen-bond donors (Lipinski definition) is 3. The molecule has 0 radical (unpaired) electrons. The number of piperidine rings is 1. The third kappa shape index (κ3) is 4.40. The first-order chi connectivity index (χ1) is 12.5. The van der Waals surface area contributed by atoms with Crippen molar-refractivity contribution in [3.63, 3.8) is 0 Å². The fourth-order valence-electron chi connectivity index (χ4n) is 2.70. The minimum atomic E-state index is -0.417. The Morgan fingerprint density at radius 3 is 2.69 bits per heavy atom. The standard InChI is InChI=1S/C18H21FN4O3/c1-20-16-3-2-13(10-15(16)19)26-14-4-7-21-17(11-14)22-18(25)23-8-5-12(24)6-9-23/h2-4,7,10-12,20,24H,5-6,8-9H2,1H3,(H,21,22,25). The molecule has 1 aliphatic heterocycles. The molecule has 0 unspecified atom stereocenters. The summed E-state index contributed by atoms with van der Waals surface area (Å²) in [6.07, 6.45) is 2.29. The highest BCUT2D eigenvalue weighted by molar-refractivity contribution is 5.88. The number of carbonyl (C=O) groups excluding carboxylic acids is 1. The van der Waals surface area contributed by atoms with E-state index in [1.807, 2.05) is 0 Å². The number of aliphatic hydroxyl groups is 1. The lowest BCUT2D eigenvalue weighted by molar-refractivity contribution is 0.0972. The van der Waals surface area contributed by atoms with Gasteiger partial charge in [-0.25, -0.2) is 14.2 Å². The van der Waals surface area contributed by atoms with Crippen molar-refractivity contribution in [2.45, 2.75) is 18.9 Å². The van der Waals surface area contributed by atoms with Crippen LogP contribution in [0.5, 0.6) is 11.5 Å². The van der Waals surface area contributed by atoms with Crippen LogP contribution in [0.4, 0.5) is 20.7 Å². The van der Waals surface area contributed by atoms with Crippen LogP contribution in [-0.4, -0.2) is 47.3 Å². The molecular formula is C18H21FN4O3. The maximum Gasteiger partial charge on any atom is 0.323 e. The first-order valence-electron chi connectivity index (χ1n) is 8.40. The molecule has 3 N–H and O–H groups in total. The van der Waals surface area contributed by atoms with E-state index in [0.29, 0.717) is 48.9 Å². The van der Waals surface area contributed by atoms with Gasteiger partial charge in [0.25, 0.3) is 0 Å². The van der Waals surface area contributed by atoms with E-state index in [4.69, 9.17) is 4.74 Å². The fourth-order valence-corrected chi connectivity index (χ4v) is 2.70. The Balaban J connectivity index is 1.64. The minimum Gasteiger partial charge on any atom is -0.457 e. The second kappa shape index (κ2) is 8.01. The molecular weight excluding hydrogens is 339 g/mol. The number of ether oxygens (including phenoxy) is 1. The predicted octanol–water partition coefficient (Wildman–Crippen LogP) is 3.04. The van der Waals surface area contributed by atoms with Gasteiger partial charge in [0.1, 0.15) is 23.1 Å². The van der Waals surface area contributed by atoms with E-state index in [-0.39, 0.29) is 12.1 Å². The lowest BCUT2D eigenvalue weighted by Crippen LogP contribution is -2.42. The highest BCUT2D eigenvalue weighted by atomic mass is 19.1. The van der Waals surface area contributed by atoms with Crippen molar-refractivity contribution in [1.82, 2.24) is 9.88 Å². The number of benzene rings is 1. The summed E-state index contributed by atoms with van der Waals surface area (Å²) >= 11 is 0. The number of carbonyl (C=O) groups is 1. The second-order valence-corrected chi connectivity index (χ2v) is 6.02. The van der Waals surface area contributed by atoms with Gasteiger partial charge in [-0.2, -0.15) is 0 Å². The summed E-state index contributed by atoms with van der Waals surface area (Å²) in [4.78, 5) is 18.0. The highest BCUT2D eigenvalue weighted by Crippen LogP contribution is 2.26. The lowest BCUT2D eigenvalue weighted by Gasteiger charge is -2.29. The van der Waals surface area contributed by atoms with Crippen molar-refractivity contribution in [1.29, 1.82) is 0 Å². The number of nitrogens with zero attached hydrogens (tertiary/aromatic N) is 2. The number of amides is 2.